The number of rotatable bonds is 1. The van der Waals surface area contributed by atoms with Crippen molar-refractivity contribution in [1.29, 1.82) is 0 Å². The summed E-state index contributed by atoms with van der Waals surface area (Å²) < 4.78 is 0. The molecule has 0 saturated carbocycles. The fourth-order valence-corrected chi connectivity index (χ4v) is 0.427. The van der Waals surface area contributed by atoms with Crippen molar-refractivity contribution in [3.63, 3.8) is 0 Å². The van der Waals surface area contributed by atoms with Gasteiger partial charge in [-0.15, -0.1) is 10.2 Å². The molecule has 0 bridgehead atoms. The molecule has 0 fully saturated rings. The van der Waals surface area contributed by atoms with Crippen molar-refractivity contribution >= 4 is 11.8 Å². The quantitative estimate of drug-likeness (QED) is 0.374. The van der Waals surface area contributed by atoms with Crippen LogP contribution in [-0.4, -0.2) is 21.4 Å². The van der Waals surface area contributed by atoms with E-state index in [4.69, 9.17) is 11.5 Å². The zero-order valence-corrected chi connectivity index (χ0v) is 5.10. The Bertz CT molecular complexity index is 225. The monoisotopic (exact) mass is 138 g/mol. The van der Waals surface area contributed by atoms with Gasteiger partial charge in [0.2, 0.25) is 0 Å². The zero-order chi connectivity index (χ0) is 7.40. The summed E-state index contributed by atoms with van der Waals surface area (Å²) >= 11 is 0. The fraction of sp³-hybridized carbons (Fsp3) is 0. The van der Waals surface area contributed by atoms with Crippen molar-refractivity contribution in [3.8, 4) is 0 Å². The van der Waals surface area contributed by atoms with Gasteiger partial charge in [0.25, 0.3) is 0 Å². The molecule has 1 aromatic rings. The summed E-state index contributed by atoms with van der Waals surface area (Å²) in [5.74, 6) is 0.315. The van der Waals surface area contributed by atoms with Gasteiger partial charge in [0, 0.05) is 6.07 Å². The predicted octanol–water partition coefficient (Wildman–Crippen LogP) is -1.22. The first-order chi connectivity index (χ1) is 4.79. The van der Waals surface area contributed by atoms with E-state index in [1.165, 1.54) is 6.20 Å². The van der Waals surface area contributed by atoms with Gasteiger partial charge in [0.15, 0.2) is 11.8 Å². The molecule has 0 saturated heterocycles. The number of guanidine groups is 1. The molecule has 0 aliphatic carbocycles. The van der Waals surface area contributed by atoms with E-state index < -0.39 is 0 Å². The predicted molar refractivity (Wildman–Crippen MR) is 35.3 cm³/mol. The Balaban J connectivity index is 2.87. The molecule has 1 aromatic heterocycles. The molecule has 0 unspecified atom stereocenters. The Morgan fingerprint density at radius 2 is 2.30 bits per heavy atom. The summed E-state index contributed by atoms with van der Waals surface area (Å²) in [7, 11) is 0. The van der Waals surface area contributed by atoms with Gasteiger partial charge >= 0.3 is 0 Å². The van der Waals surface area contributed by atoms with Crippen LogP contribution in [0.4, 0.5) is 5.82 Å². The molecule has 0 aliphatic heterocycles. The number of hydrogen-bond acceptors (Lipinski definition) is 4. The van der Waals surface area contributed by atoms with Crippen LogP contribution in [0.3, 0.4) is 0 Å². The van der Waals surface area contributed by atoms with E-state index in [0.717, 1.165) is 0 Å². The van der Waals surface area contributed by atoms with Crippen LogP contribution in [0.15, 0.2) is 17.3 Å². The van der Waals surface area contributed by atoms with Crippen molar-refractivity contribution in [3.05, 3.63) is 12.3 Å². The summed E-state index contributed by atoms with van der Waals surface area (Å²) in [6.45, 7) is 0. The van der Waals surface area contributed by atoms with E-state index in [1.54, 1.807) is 6.07 Å². The average Bonchev–Trinajstić information content (AvgIpc) is 1.88. The van der Waals surface area contributed by atoms with E-state index in [1.807, 2.05) is 0 Å². The van der Waals surface area contributed by atoms with Crippen LogP contribution in [0.2, 0.25) is 0 Å². The van der Waals surface area contributed by atoms with Crippen molar-refractivity contribution in [2.75, 3.05) is 0 Å². The van der Waals surface area contributed by atoms with Crippen LogP contribution in [-0.2, 0) is 0 Å². The van der Waals surface area contributed by atoms with Crippen LogP contribution in [0.5, 0.6) is 0 Å². The fourth-order valence-electron chi connectivity index (χ4n) is 0.427. The maximum atomic E-state index is 5.06. The van der Waals surface area contributed by atoms with E-state index in [-0.39, 0.29) is 5.96 Å². The molecule has 0 atom stereocenters. The Morgan fingerprint density at radius 1 is 1.50 bits per heavy atom. The van der Waals surface area contributed by atoms with E-state index >= 15 is 0 Å². The highest BCUT2D eigenvalue weighted by molar-refractivity contribution is 5.78. The zero-order valence-electron chi connectivity index (χ0n) is 5.10. The van der Waals surface area contributed by atoms with Crippen molar-refractivity contribution in [2.24, 2.45) is 16.5 Å². The Hall–Kier alpha value is -1.72. The molecule has 4 N–H and O–H groups in total. The van der Waals surface area contributed by atoms with Gasteiger partial charge in [0.1, 0.15) is 0 Å². The molecule has 0 aromatic carbocycles. The maximum absolute atomic E-state index is 5.06. The molecular formula is C4H6N6. The third kappa shape index (κ3) is 1.66. The van der Waals surface area contributed by atoms with Gasteiger partial charge in [-0.05, 0) is 5.21 Å². The number of nitrogens with two attached hydrogens (primary N) is 2. The van der Waals surface area contributed by atoms with Crippen molar-refractivity contribution in [2.45, 2.75) is 0 Å². The molecular weight excluding hydrogens is 132 g/mol. The topological polar surface area (TPSA) is 103 Å². The summed E-state index contributed by atoms with van der Waals surface area (Å²) in [6.07, 6.45) is 1.45. The lowest BCUT2D eigenvalue weighted by atomic mass is 10.6. The number of hydrogen-bond donors (Lipinski definition) is 2. The Labute approximate surface area is 57.0 Å². The third-order valence-electron chi connectivity index (χ3n) is 0.733. The summed E-state index contributed by atoms with van der Waals surface area (Å²) in [5, 5.41) is 10.3. The summed E-state index contributed by atoms with van der Waals surface area (Å²) in [6, 6.07) is 1.55. The highest BCUT2D eigenvalue weighted by atomic mass is 15.3. The molecule has 0 aliphatic rings. The van der Waals surface area contributed by atoms with Crippen LogP contribution < -0.4 is 11.5 Å². The molecule has 6 heteroatoms. The first-order valence-electron chi connectivity index (χ1n) is 2.53. The van der Waals surface area contributed by atoms with Crippen molar-refractivity contribution < 1.29 is 0 Å². The summed E-state index contributed by atoms with van der Waals surface area (Å²) in [4.78, 5) is 3.62. The van der Waals surface area contributed by atoms with E-state index in [0.29, 0.717) is 5.82 Å². The highest BCUT2D eigenvalue weighted by Gasteiger charge is 1.87. The van der Waals surface area contributed by atoms with E-state index in [2.05, 4.69) is 20.4 Å². The molecule has 0 amide bonds. The lowest BCUT2D eigenvalue weighted by molar-refractivity contribution is 0.864. The summed E-state index contributed by atoms with van der Waals surface area (Å²) in [5.41, 5.74) is 10.1. The van der Waals surface area contributed by atoms with Crippen molar-refractivity contribution in [1.82, 2.24) is 15.4 Å². The van der Waals surface area contributed by atoms with Gasteiger partial charge in [-0.1, -0.05) is 0 Å². The second-order valence-corrected chi connectivity index (χ2v) is 1.52. The lowest BCUT2D eigenvalue weighted by Crippen LogP contribution is -2.22. The molecule has 1 rings (SSSR count). The minimum Gasteiger partial charge on any atom is -0.370 e. The van der Waals surface area contributed by atoms with Gasteiger partial charge < -0.3 is 11.5 Å². The first kappa shape index (κ1) is 6.40. The van der Waals surface area contributed by atoms with E-state index in [9.17, 15) is 0 Å². The molecule has 0 radical (unpaired) electrons. The van der Waals surface area contributed by atoms with Gasteiger partial charge in [0.05, 0.1) is 6.20 Å². The number of aromatic nitrogens is 3. The maximum Gasteiger partial charge on any atom is 0.192 e. The average molecular weight is 138 g/mol. The Morgan fingerprint density at radius 3 is 2.80 bits per heavy atom. The number of aliphatic imine (C=N–C) groups is 1. The molecule has 0 spiro atoms. The SMILES string of the molecule is NC(N)=Nc1ccnnn1. The lowest BCUT2D eigenvalue weighted by Gasteiger charge is -1.88. The van der Waals surface area contributed by atoms with Gasteiger partial charge in [-0.2, -0.15) is 4.99 Å². The minimum atomic E-state index is -0.0412. The van der Waals surface area contributed by atoms with Crippen LogP contribution in [0.1, 0.15) is 0 Å². The Kier molecular flexibility index (Phi) is 1.74. The second kappa shape index (κ2) is 2.72. The minimum absolute atomic E-state index is 0.0412. The third-order valence-corrected chi connectivity index (χ3v) is 0.733. The largest absolute Gasteiger partial charge is 0.370 e. The first-order valence-corrected chi connectivity index (χ1v) is 2.53. The standard InChI is InChI=1S/C4H6N6/c5-4(6)8-3-1-2-7-10-9-3/h1-2H,(H4,5,6,7,8,9). The van der Waals surface area contributed by atoms with Gasteiger partial charge in [-0.25, -0.2) is 0 Å². The van der Waals surface area contributed by atoms with Gasteiger partial charge in [-0.3, -0.25) is 0 Å². The molecule has 6 nitrogen and oxygen atoms in total. The smallest absolute Gasteiger partial charge is 0.192 e. The normalized spacial score (nSPS) is 8.80. The second-order valence-electron chi connectivity index (χ2n) is 1.52. The molecule has 1 heterocycles. The molecule has 10 heavy (non-hydrogen) atoms. The van der Waals surface area contributed by atoms with Crippen LogP contribution >= 0.6 is 0 Å². The number of nitrogens with zero attached hydrogens (tertiary/aromatic N) is 4. The molecule has 52 valence electrons. The van der Waals surface area contributed by atoms with Crippen LogP contribution in [0, 0.1) is 0 Å². The highest BCUT2D eigenvalue weighted by Crippen LogP contribution is 1.99. The van der Waals surface area contributed by atoms with Crippen LogP contribution in [0.25, 0.3) is 0 Å².